The fourth-order valence-electron chi connectivity index (χ4n) is 2.26. The Labute approximate surface area is 108 Å². The van der Waals surface area contributed by atoms with Gasteiger partial charge in [-0.05, 0) is 26.0 Å². The molecule has 0 spiro atoms. The molecule has 1 aromatic heterocycles. The van der Waals surface area contributed by atoms with Gasteiger partial charge >= 0.3 is 0 Å². The average molecular weight is 251 g/mol. The molecule has 0 saturated carbocycles. The molecule has 2 heterocycles. The number of piperazine rings is 1. The maximum Gasteiger partial charge on any atom is 0.238 e. The summed E-state index contributed by atoms with van der Waals surface area (Å²) >= 11 is 0. The Bertz CT molecular complexity index is 403. The van der Waals surface area contributed by atoms with Crippen molar-refractivity contribution in [3.05, 3.63) is 23.7 Å². The summed E-state index contributed by atoms with van der Waals surface area (Å²) in [6.45, 7) is 7.71. The first-order valence-electron chi connectivity index (χ1n) is 6.48. The number of nitrogens with one attached hydrogen (secondary N) is 2. The van der Waals surface area contributed by atoms with Crippen molar-refractivity contribution in [1.29, 1.82) is 0 Å². The van der Waals surface area contributed by atoms with Gasteiger partial charge < -0.3 is 15.1 Å². The van der Waals surface area contributed by atoms with E-state index >= 15 is 0 Å². The van der Waals surface area contributed by atoms with Crippen LogP contribution in [0.5, 0.6) is 0 Å². The van der Waals surface area contributed by atoms with Crippen molar-refractivity contribution in [2.75, 3.05) is 26.2 Å². The number of furan rings is 1. The van der Waals surface area contributed by atoms with Crippen LogP contribution in [0.25, 0.3) is 0 Å². The molecule has 1 amide bonds. The summed E-state index contributed by atoms with van der Waals surface area (Å²) in [5, 5.41) is 6.15. The van der Waals surface area contributed by atoms with Crippen LogP contribution in [0.3, 0.4) is 0 Å². The van der Waals surface area contributed by atoms with Gasteiger partial charge in [0.05, 0.1) is 6.54 Å². The fourth-order valence-corrected chi connectivity index (χ4v) is 2.26. The van der Waals surface area contributed by atoms with Gasteiger partial charge in [0.15, 0.2) is 0 Å². The van der Waals surface area contributed by atoms with Gasteiger partial charge in [-0.3, -0.25) is 9.69 Å². The molecular weight excluding hydrogens is 230 g/mol. The molecule has 1 aliphatic heterocycles. The molecule has 5 heteroatoms. The topological polar surface area (TPSA) is 57.5 Å². The van der Waals surface area contributed by atoms with E-state index in [-0.39, 0.29) is 11.9 Å². The molecule has 2 N–H and O–H groups in total. The van der Waals surface area contributed by atoms with Gasteiger partial charge in [-0.25, -0.2) is 0 Å². The van der Waals surface area contributed by atoms with E-state index in [4.69, 9.17) is 4.42 Å². The average Bonchev–Trinajstić information content (AvgIpc) is 2.76. The van der Waals surface area contributed by atoms with E-state index in [1.807, 2.05) is 26.0 Å². The maximum atomic E-state index is 12.0. The number of hydrogen-bond acceptors (Lipinski definition) is 4. The van der Waals surface area contributed by atoms with E-state index in [0.29, 0.717) is 19.6 Å². The second kappa shape index (κ2) is 6.02. The Balaban J connectivity index is 2.01. The van der Waals surface area contributed by atoms with Gasteiger partial charge in [0.1, 0.15) is 17.6 Å². The van der Waals surface area contributed by atoms with E-state index in [1.54, 1.807) is 0 Å². The van der Waals surface area contributed by atoms with E-state index in [9.17, 15) is 4.79 Å². The standard InChI is InChI=1S/C13H21N3O2/c1-3-15-13(17)12-8-14-6-7-16(12)9-11-5-4-10(2)18-11/h4-5,12,14H,3,6-9H2,1-2H3,(H,15,17). The van der Waals surface area contributed by atoms with Crippen LogP contribution in [0.4, 0.5) is 0 Å². The Morgan fingerprint density at radius 1 is 1.61 bits per heavy atom. The van der Waals surface area contributed by atoms with E-state index in [1.165, 1.54) is 0 Å². The van der Waals surface area contributed by atoms with Gasteiger partial charge in [-0.2, -0.15) is 0 Å². The number of likely N-dealkylation sites (N-methyl/N-ethyl adjacent to an activating group) is 1. The highest BCUT2D eigenvalue weighted by molar-refractivity contribution is 5.82. The minimum atomic E-state index is -0.107. The van der Waals surface area contributed by atoms with Crippen molar-refractivity contribution in [2.45, 2.75) is 26.4 Å². The third-order valence-electron chi connectivity index (χ3n) is 3.16. The second-order valence-corrected chi connectivity index (χ2v) is 4.60. The minimum Gasteiger partial charge on any atom is -0.465 e. The highest BCUT2D eigenvalue weighted by Gasteiger charge is 2.28. The van der Waals surface area contributed by atoms with Gasteiger partial charge in [0, 0.05) is 26.2 Å². The molecular formula is C13H21N3O2. The summed E-state index contributed by atoms with van der Waals surface area (Å²) in [4.78, 5) is 14.1. The quantitative estimate of drug-likeness (QED) is 0.818. The van der Waals surface area contributed by atoms with Crippen molar-refractivity contribution in [3.8, 4) is 0 Å². The molecule has 1 aromatic rings. The van der Waals surface area contributed by atoms with Crippen molar-refractivity contribution in [1.82, 2.24) is 15.5 Å². The lowest BCUT2D eigenvalue weighted by molar-refractivity contribution is -0.127. The number of carbonyl (C=O) groups excluding carboxylic acids is 1. The summed E-state index contributed by atoms with van der Waals surface area (Å²) < 4.78 is 5.58. The maximum absolute atomic E-state index is 12.0. The highest BCUT2D eigenvalue weighted by Crippen LogP contribution is 2.13. The van der Waals surface area contributed by atoms with Gasteiger partial charge in [-0.1, -0.05) is 0 Å². The molecule has 1 atom stereocenters. The largest absolute Gasteiger partial charge is 0.465 e. The predicted molar refractivity (Wildman–Crippen MR) is 69.2 cm³/mol. The molecule has 0 radical (unpaired) electrons. The molecule has 5 nitrogen and oxygen atoms in total. The summed E-state index contributed by atoms with van der Waals surface area (Å²) in [5.74, 6) is 1.92. The van der Waals surface area contributed by atoms with Crippen molar-refractivity contribution in [3.63, 3.8) is 0 Å². The molecule has 1 unspecified atom stereocenters. The van der Waals surface area contributed by atoms with E-state index in [0.717, 1.165) is 24.6 Å². The van der Waals surface area contributed by atoms with Gasteiger partial charge in [0.25, 0.3) is 0 Å². The first-order chi connectivity index (χ1) is 8.70. The summed E-state index contributed by atoms with van der Waals surface area (Å²) in [6, 6.07) is 3.83. The summed E-state index contributed by atoms with van der Waals surface area (Å²) in [5.41, 5.74) is 0. The molecule has 0 aliphatic carbocycles. The van der Waals surface area contributed by atoms with Gasteiger partial charge in [0.2, 0.25) is 5.91 Å². The monoisotopic (exact) mass is 251 g/mol. The third kappa shape index (κ3) is 3.11. The Morgan fingerprint density at radius 2 is 2.44 bits per heavy atom. The van der Waals surface area contributed by atoms with Gasteiger partial charge in [-0.15, -0.1) is 0 Å². The first-order valence-corrected chi connectivity index (χ1v) is 6.48. The summed E-state index contributed by atoms with van der Waals surface area (Å²) in [6.07, 6.45) is 0. The second-order valence-electron chi connectivity index (χ2n) is 4.60. The van der Waals surface area contributed by atoms with Crippen LogP contribution in [0.15, 0.2) is 16.5 Å². The van der Waals surface area contributed by atoms with Crippen LogP contribution in [0.1, 0.15) is 18.4 Å². The van der Waals surface area contributed by atoms with Crippen LogP contribution in [0.2, 0.25) is 0 Å². The zero-order valence-corrected chi connectivity index (χ0v) is 11.0. The normalized spacial score (nSPS) is 20.9. The molecule has 100 valence electrons. The lowest BCUT2D eigenvalue weighted by atomic mass is 10.1. The van der Waals surface area contributed by atoms with Crippen molar-refractivity contribution in [2.24, 2.45) is 0 Å². The van der Waals surface area contributed by atoms with Crippen LogP contribution < -0.4 is 10.6 Å². The van der Waals surface area contributed by atoms with Crippen LogP contribution in [0, 0.1) is 6.92 Å². The number of rotatable bonds is 4. The van der Waals surface area contributed by atoms with E-state index in [2.05, 4.69) is 15.5 Å². The molecule has 2 rings (SSSR count). The molecule has 0 aromatic carbocycles. The molecule has 1 saturated heterocycles. The fraction of sp³-hybridized carbons (Fsp3) is 0.615. The highest BCUT2D eigenvalue weighted by atomic mass is 16.3. The first kappa shape index (κ1) is 13.1. The zero-order chi connectivity index (χ0) is 13.0. The molecule has 1 aliphatic rings. The molecule has 0 bridgehead atoms. The Kier molecular flexibility index (Phi) is 4.38. The Hall–Kier alpha value is -1.33. The smallest absolute Gasteiger partial charge is 0.238 e. The van der Waals surface area contributed by atoms with Crippen molar-refractivity contribution >= 4 is 5.91 Å². The number of amides is 1. The van der Waals surface area contributed by atoms with E-state index < -0.39 is 0 Å². The Morgan fingerprint density at radius 3 is 3.11 bits per heavy atom. The van der Waals surface area contributed by atoms with Crippen LogP contribution >= 0.6 is 0 Å². The minimum absolute atomic E-state index is 0.0907. The predicted octanol–water partition coefficient (Wildman–Crippen LogP) is 0.498. The molecule has 1 fully saturated rings. The molecule has 18 heavy (non-hydrogen) atoms. The number of aryl methyl sites for hydroxylation is 1. The lowest BCUT2D eigenvalue weighted by Crippen LogP contribution is -2.57. The van der Waals surface area contributed by atoms with Crippen molar-refractivity contribution < 1.29 is 9.21 Å². The number of carbonyl (C=O) groups is 1. The van der Waals surface area contributed by atoms with Crippen LogP contribution in [-0.4, -0.2) is 43.0 Å². The zero-order valence-electron chi connectivity index (χ0n) is 11.0. The lowest BCUT2D eigenvalue weighted by Gasteiger charge is -2.34. The SMILES string of the molecule is CCNC(=O)C1CNCCN1Cc1ccc(C)o1. The summed E-state index contributed by atoms with van der Waals surface area (Å²) in [7, 11) is 0. The van der Waals surface area contributed by atoms with Crippen LogP contribution in [-0.2, 0) is 11.3 Å². The number of hydrogen-bond donors (Lipinski definition) is 2. The number of nitrogens with zero attached hydrogens (tertiary/aromatic N) is 1. The third-order valence-corrected chi connectivity index (χ3v) is 3.16.